The Kier molecular flexibility index (Phi) is 4.47. The molecule has 0 spiro atoms. The lowest BCUT2D eigenvalue weighted by atomic mass is 9.84. The molecule has 0 aromatic heterocycles. The maximum Gasteiger partial charge on any atom is 0.221 e. The Hall–Kier alpha value is -2.08. The molecule has 112 valence electrons. The fourth-order valence-electron chi connectivity index (χ4n) is 2.57. The zero-order chi connectivity index (χ0) is 15.6. The molecule has 1 unspecified atom stereocenters. The van der Waals surface area contributed by atoms with Crippen LogP contribution in [0.25, 0.3) is 0 Å². The number of ether oxygens (including phenoxy) is 1. The van der Waals surface area contributed by atoms with E-state index in [-0.39, 0.29) is 29.5 Å². The number of hydrogen-bond donors (Lipinski definition) is 1. The van der Waals surface area contributed by atoms with Crippen LogP contribution in [0.4, 0.5) is 10.1 Å². The zero-order valence-electron chi connectivity index (χ0n) is 11.9. The van der Waals surface area contributed by atoms with Crippen LogP contribution in [-0.4, -0.2) is 30.7 Å². The van der Waals surface area contributed by atoms with E-state index in [1.807, 2.05) is 0 Å². The SMILES string of the molecule is CC(=O)Nc1cc(F)c(C)c2c1C(=O)C(OCC=O)CC2. The van der Waals surface area contributed by atoms with E-state index in [1.54, 1.807) is 6.92 Å². The number of carbonyl (C=O) groups is 3. The van der Waals surface area contributed by atoms with Crippen LogP contribution in [0.1, 0.15) is 34.8 Å². The van der Waals surface area contributed by atoms with Crippen LogP contribution < -0.4 is 5.32 Å². The lowest BCUT2D eigenvalue weighted by molar-refractivity contribution is -0.114. The molecule has 0 saturated carbocycles. The number of rotatable bonds is 4. The van der Waals surface area contributed by atoms with Crippen molar-refractivity contribution in [3.05, 3.63) is 28.6 Å². The molecule has 1 aliphatic carbocycles. The molecule has 1 aromatic rings. The van der Waals surface area contributed by atoms with Gasteiger partial charge in [0.15, 0.2) is 5.78 Å². The molecule has 1 aromatic carbocycles. The van der Waals surface area contributed by atoms with Gasteiger partial charge in [0.2, 0.25) is 5.91 Å². The molecule has 0 saturated heterocycles. The Morgan fingerprint density at radius 1 is 1.57 bits per heavy atom. The first-order valence-electron chi connectivity index (χ1n) is 6.64. The second-order valence-corrected chi connectivity index (χ2v) is 4.96. The van der Waals surface area contributed by atoms with E-state index in [1.165, 1.54) is 6.92 Å². The van der Waals surface area contributed by atoms with Crippen LogP contribution in [0.2, 0.25) is 0 Å². The van der Waals surface area contributed by atoms with Crippen molar-refractivity contribution in [3.63, 3.8) is 0 Å². The molecule has 1 N–H and O–H groups in total. The van der Waals surface area contributed by atoms with Gasteiger partial charge in [-0.05, 0) is 37.0 Å². The van der Waals surface area contributed by atoms with E-state index >= 15 is 0 Å². The van der Waals surface area contributed by atoms with Crippen molar-refractivity contribution >= 4 is 23.7 Å². The molecule has 6 heteroatoms. The molecule has 0 heterocycles. The minimum absolute atomic E-state index is 0.157. The average Bonchev–Trinajstić information content (AvgIpc) is 2.42. The molecule has 2 rings (SSSR count). The van der Waals surface area contributed by atoms with E-state index in [9.17, 15) is 18.8 Å². The number of anilines is 1. The first-order chi connectivity index (χ1) is 9.95. The molecule has 0 fully saturated rings. The van der Waals surface area contributed by atoms with Crippen LogP contribution in [0.3, 0.4) is 0 Å². The molecule has 1 aliphatic rings. The average molecular weight is 293 g/mol. The number of carbonyl (C=O) groups excluding carboxylic acids is 3. The smallest absolute Gasteiger partial charge is 0.221 e. The van der Waals surface area contributed by atoms with Crippen molar-refractivity contribution in [2.45, 2.75) is 32.8 Å². The highest BCUT2D eigenvalue weighted by Crippen LogP contribution is 2.33. The number of Topliss-reactive ketones (excluding diaryl/α,β-unsaturated/α-hetero) is 1. The number of benzene rings is 1. The second kappa shape index (κ2) is 6.13. The summed E-state index contributed by atoms with van der Waals surface area (Å²) >= 11 is 0. The van der Waals surface area contributed by atoms with E-state index in [0.717, 1.165) is 6.07 Å². The Bertz CT molecular complexity index is 612. The maximum atomic E-state index is 13.9. The summed E-state index contributed by atoms with van der Waals surface area (Å²) in [6.45, 7) is 2.73. The summed E-state index contributed by atoms with van der Waals surface area (Å²) < 4.78 is 19.1. The predicted octanol–water partition coefficient (Wildman–Crippen LogP) is 1.81. The standard InChI is InChI=1S/C15H16FNO4/c1-8-10-3-4-13(21-6-5-18)15(20)14(10)12(7-11(8)16)17-9(2)19/h5,7,13H,3-4,6H2,1-2H3,(H,17,19). The summed E-state index contributed by atoms with van der Waals surface area (Å²) in [5.41, 5.74) is 1.44. The fourth-order valence-corrected chi connectivity index (χ4v) is 2.57. The second-order valence-electron chi connectivity index (χ2n) is 4.96. The molecule has 0 radical (unpaired) electrons. The third-order valence-corrected chi connectivity index (χ3v) is 3.52. The van der Waals surface area contributed by atoms with Gasteiger partial charge in [-0.2, -0.15) is 0 Å². The third-order valence-electron chi connectivity index (χ3n) is 3.52. The van der Waals surface area contributed by atoms with Gasteiger partial charge >= 0.3 is 0 Å². The number of nitrogens with one attached hydrogen (secondary N) is 1. The number of hydrogen-bond acceptors (Lipinski definition) is 4. The quantitative estimate of drug-likeness (QED) is 0.859. The van der Waals surface area contributed by atoms with Crippen molar-refractivity contribution in [1.29, 1.82) is 0 Å². The van der Waals surface area contributed by atoms with Crippen LogP contribution in [0.5, 0.6) is 0 Å². The Balaban J connectivity index is 2.47. The van der Waals surface area contributed by atoms with Crippen LogP contribution in [0.15, 0.2) is 6.07 Å². The summed E-state index contributed by atoms with van der Waals surface area (Å²) in [6.07, 6.45) is 0.692. The van der Waals surface area contributed by atoms with E-state index in [2.05, 4.69) is 5.32 Å². The van der Waals surface area contributed by atoms with Crippen LogP contribution in [0, 0.1) is 12.7 Å². The summed E-state index contributed by atoms with van der Waals surface area (Å²) in [4.78, 5) is 34.1. The van der Waals surface area contributed by atoms with Gasteiger partial charge in [-0.25, -0.2) is 4.39 Å². The van der Waals surface area contributed by atoms with Gasteiger partial charge in [-0.1, -0.05) is 0 Å². The fraction of sp³-hybridized carbons (Fsp3) is 0.400. The number of ketones is 1. The Labute approximate surface area is 121 Å². The van der Waals surface area contributed by atoms with Crippen molar-refractivity contribution < 1.29 is 23.5 Å². The maximum absolute atomic E-state index is 13.9. The predicted molar refractivity (Wildman–Crippen MR) is 73.9 cm³/mol. The molecular weight excluding hydrogens is 277 g/mol. The van der Waals surface area contributed by atoms with Gasteiger partial charge in [-0.3, -0.25) is 9.59 Å². The van der Waals surface area contributed by atoms with Gasteiger partial charge in [0.1, 0.15) is 24.8 Å². The molecular formula is C15H16FNO4. The summed E-state index contributed by atoms with van der Waals surface area (Å²) in [5.74, 6) is -1.17. The van der Waals surface area contributed by atoms with Crippen molar-refractivity contribution in [1.82, 2.24) is 0 Å². The monoisotopic (exact) mass is 293 g/mol. The van der Waals surface area contributed by atoms with Crippen molar-refractivity contribution in [3.8, 4) is 0 Å². The lowest BCUT2D eigenvalue weighted by Crippen LogP contribution is -2.32. The highest BCUT2D eigenvalue weighted by Gasteiger charge is 2.32. The third kappa shape index (κ3) is 3.00. The van der Waals surface area contributed by atoms with Gasteiger partial charge in [0, 0.05) is 12.5 Å². The molecule has 1 atom stereocenters. The summed E-state index contributed by atoms with van der Waals surface area (Å²) in [6, 6.07) is 1.15. The van der Waals surface area contributed by atoms with Gasteiger partial charge in [-0.15, -0.1) is 0 Å². The van der Waals surface area contributed by atoms with Gasteiger partial charge in [0.05, 0.1) is 5.69 Å². The Morgan fingerprint density at radius 2 is 2.29 bits per heavy atom. The van der Waals surface area contributed by atoms with Crippen molar-refractivity contribution in [2.24, 2.45) is 0 Å². The molecule has 0 aliphatic heterocycles. The van der Waals surface area contributed by atoms with Crippen molar-refractivity contribution in [2.75, 3.05) is 11.9 Å². The highest BCUT2D eigenvalue weighted by molar-refractivity contribution is 6.09. The van der Waals surface area contributed by atoms with E-state index in [0.29, 0.717) is 30.3 Å². The lowest BCUT2D eigenvalue weighted by Gasteiger charge is -2.26. The number of fused-ring (bicyclic) bond motifs is 1. The minimum Gasteiger partial charge on any atom is -0.363 e. The normalized spacial score (nSPS) is 17.3. The Morgan fingerprint density at radius 3 is 2.90 bits per heavy atom. The largest absolute Gasteiger partial charge is 0.363 e. The first-order valence-corrected chi connectivity index (χ1v) is 6.64. The van der Waals surface area contributed by atoms with Crippen LogP contribution in [-0.2, 0) is 20.7 Å². The molecule has 1 amide bonds. The van der Waals surface area contributed by atoms with E-state index in [4.69, 9.17) is 4.74 Å². The highest BCUT2D eigenvalue weighted by atomic mass is 19.1. The zero-order valence-corrected chi connectivity index (χ0v) is 11.9. The minimum atomic E-state index is -0.736. The number of halogens is 1. The van der Waals surface area contributed by atoms with E-state index < -0.39 is 11.9 Å². The van der Waals surface area contributed by atoms with Gasteiger partial charge < -0.3 is 14.8 Å². The molecule has 21 heavy (non-hydrogen) atoms. The molecule has 5 nitrogen and oxygen atoms in total. The number of amides is 1. The van der Waals surface area contributed by atoms with Gasteiger partial charge in [0.25, 0.3) is 0 Å². The summed E-state index contributed by atoms with van der Waals surface area (Å²) in [5, 5.41) is 2.48. The topological polar surface area (TPSA) is 72.5 Å². The molecule has 0 bridgehead atoms. The summed E-state index contributed by atoms with van der Waals surface area (Å²) in [7, 11) is 0. The number of aldehydes is 1. The van der Waals surface area contributed by atoms with Crippen LogP contribution >= 0.6 is 0 Å². The first kappa shape index (κ1) is 15.3.